The second-order valence-electron chi connectivity index (χ2n) is 6.20. The Hall–Kier alpha value is -0.570. The van der Waals surface area contributed by atoms with Crippen molar-refractivity contribution >= 4 is 5.97 Å². The highest BCUT2D eigenvalue weighted by Crippen LogP contribution is 2.45. The number of hydrogen-bond acceptors (Lipinski definition) is 2. The van der Waals surface area contributed by atoms with Crippen LogP contribution in [0.25, 0.3) is 0 Å². The molecule has 86 valence electrons. The Morgan fingerprint density at radius 2 is 1.93 bits per heavy atom. The van der Waals surface area contributed by atoms with Crippen molar-refractivity contribution in [2.45, 2.75) is 46.1 Å². The van der Waals surface area contributed by atoms with E-state index in [1.807, 2.05) is 6.92 Å². The number of rotatable bonds is 2. The molecule has 2 aliphatic rings. The fourth-order valence-electron chi connectivity index (χ4n) is 3.26. The Morgan fingerprint density at radius 1 is 1.33 bits per heavy atom. The monoisotopic (exact) mass is 211 g/mol. The van der Waals surface area contributed by atoms with Gasteiger partial charge in [-0.1, -0.05) is 20.3 Å². The zero-order valence-corrected chi connectivity index (χ0v) is 9.92. The van der Waals surface area contributed by atoms with Crippen LogP contribution in [0.4, 0.5) is 0 Å². The third kappa shape index (κ3) is 1.67. The second-order valence-corrected chi connectivity index (χ2v) is 6.20. The molecule has 2 atom stereocenters. The first-order valence-electron chi connectivity index (χ1n) is 5.83. The van der Waals surface area contributed by atoms with Gasteiger partial charge in [0.15, 0.2) is 0 Å². The van der Waals surface area contributed by atoms with Crippen molar-refractivity contribution in [2.24, 2.45) is 10.8 Å². The van der Waals surface area contributed by atoms with Gasteiger partial charge in [0, 0.05) is 19.1 Å². The van der Waals surface area contributed by atoms with E-state index in [1.54, 1.807) is 0 Å². The molecule has 0 radical (unpaired) electrons. The number of hydrogen-bond donors (Lipinski definition) is 1. The van der Waals surface area contributed by atoms with Crippen LogP contribution in [0.3, 0.4) is 0 Å². The van der Waals surface area contributed by atoms with Gasteiger partial charge in [-0.05, 0) is 25.2 Å². The normalized spacial score (nSPS) is 40.1. The minimum absolute atomic E-state index is 0.267. The van der Waals surface area contributed by atoms with Gasteiger partial charge in [-0.25, -0.2) is 0 Å². The van der Waals surface area contributed by atoms with Gasteiger partial charge in [0.05, 0.1) is 5.41 Å². The zero-order chi connectivity index (χ0) is 11.3. The summed E-state index contributed by atoms with van der Waals surface area (Å²) in [5.74, 6) is -0.616. The molecule has 2 rings (SSSR count). The SMILES string of the molecule is CC1(C)CN(C2CCCC2(C)C(=O)O)C1. The third-order valence-corrected chi connectivity index (χ3v) is 4.10. The molecule has 1 aliphatic heterocycles. The summed E-state index contributed by atoms with van der Waals surface area (Å²) in [5.41, 5.74) is -0.113. The molecule has 2 fully saturated rings. The lowest BCUT2D eigenvalue weighted by Gasteiger charge is -2.52. The van der Waals surface area contributed by atoms with Gasteiger partial charge < -0.3 is 5.11 Å². The number of carbonyl (C=O) groups is 1. The Morgan fingerprint density at radius 3 is 2.40 bits per heavy atom. The largest absolute Gasteiger partial charge is 0.481 e. The number of nitrogens with zero attached hydrogens (tertiary/aromatic N) is 1. The maximum atomic E-state index is 11.3. The van der Waals surface area contributed by atoms with E-state index in [2.05, 4.69) is 18.7 Å². The zero-order valence-electron chi connectivity index (χ0n) is 9.92. The second kappa shape index (κ2) is 3.21. The maximum absolute atomic E-state index is 11.3. The molecule has 1 saturated heterocycles. The minimum atomic E-state index is -0.616. The summed E-state index contributed by atoms with van der Waals surface area (Å²) in [5, 5.41) is 9.31. The van der Waals surface area contributed by atoms with Gasteiger partial charge in [0.25, 0.3) is 0 Å². The van der Waals surface area contributed by atoms with Crippen LogP contribution in [0.5, 0.6) is 0 Å². The van der Waals surface area contributed by atoms with Gasteiger partial charge in [-0.2, -0.15) is 0 Å². The molecule has 0 aromatic heterocycles. The molecule has 0 aromatic carbocycles. The van der Waals surface area contributed by atoms with Gasteiger partial charge >= 0.3 is 5.97 Å². The average Bonchev–Trinajstić information content (AvgIpc) is 2.44. The van der Waals surface area contributed by atoms with E-state index in [4.69, 9.17) is 0 Å². The van der Waals surface area contributed by atoms with Crippen molar-refractivity contribution in [1.29, 1.82) is 0 Å². The van der Waals surface area contributed by atoms with Crippen molar-refractivity contribution in [3.63, 3.8) is 0 Å². The fourth-order valence-corrected chi connectivity index (χ4v) is 3.26. The molecule has 15 heavy (non-hydrogen) atoms. The summed E-state index contributed by atoms with van der Waals surface area (Å²) in [7, 11) is 0. The van der Waals surface area contributed by atoms with E-state index in [-0.39, 0.29) is 6.04 Å². The topological polar surface area (TPSA) is 40.5 Å². The summed E-state index contributed by atoms with van der Waals surface area (Å²) >= 11 is 0. The smallest absolute Gasteiger partial charge is 0.310 e. The Labute approximate surface area is 91.5 Å². The first-order chi connectivity index (χ1) is 6.85. The van der Waals surface area contributed by atoms with Crippen LogP contribution in [0.1, 0.15) is 40.0 Å². The predicted molar refractivity (Wildman–Crippen MR) is 58.7 cm³/mol. The predicted octanol–water partition coefficient (Wildman–Crippen LogP) is 1.97. The van der Waals surface area contributed by atoms with E-state index < -0.39 is 11.4 Å². The van der Waals surface area contributed by atoms with E-state index in [0.29, 0.717) is 5.41 Å². The van der Waals surface area contributed by atoms with Crippen molar-refractivity contribution in [2.75, 3.05) is 13.1 Å². The molecule has 3 nitrogen and oxygen atoms in total. The summed E-state index contributed by atoms with van der Waals surface area (Å²) < 4.78 is 0. The third-order valence-electron chi connectivity index (χ3n) is 4.10. The van der Waals surface area contributed by atoms with Crippen LogP contribution in [0.15, 0.2) is 0 Å². The molecule has 0 amide bonds. The quantitative estimate of drug-likeness (QED) is 0.759. The standard InChI is InChI=1S/C12H21NO2/c1-11(2)7-13(8-11)9-5-4-6-12(9,3)10(14)15/h9H,4-8H2,1-3H3,(H,14,15). The molecular formula is C12H21NO2. The molecule has 0 aromatic rings. The lowest BCUT2D eigenvalue weighted by atomic mass is 9.77. The van der Waals surface area contributed by atoms with Crippen molar-refractivity contribution in [3.8, 4) is 0 Å². The van der Waals surface area contributed by atoms with Crippen molar-refractivity contribution in [1.82, 2.24) is 4.90 Å². The molecular weight excluding hydrogens is 190 g/mol. The summed E-state index contributed by atoms with van der Waals surface area (Å²) in [6, 6.07) is 0.267. The maximum Gasteiger partial charge on any atom is 0.310 e. The Bertz CT molecular complexity index is 279. The van der Waals surface area contributed by atoms with Crippen LogP contribution in [0.2, 0.25) is 0 Å². The highest BCUT2D eigenvalue weighted by Gasteiger charge is 2.51. The summed E-state index contributed by atoms with van der Waals surface area (Å²) in [6.45, 7) is 8.52. The average molecular weight is 211 g/mol. The highest BCUT2D eigenvalue weighted by molar-refractivity contribution is 5.75. The van der Waals surface area contributed by atoms with Gasteiger partial charge in [0.1, 0.15) is 0 Å². The Balaban J connectivity index is 2.07. The molecule has 1 N–H and O–H groups in total. The Kier molecular flexibility index (Phi) is 2.34. The molecule has 0 spiro atoms. The van der Waals surface area contributed by atoms with Crippen LogP contribution in [-0.4, -0.2) is 35.1 Å². The van der Waals surface area contributed by atoms with Gasteiger partial charge in [-0.15, -0.1) is 0 Å². The van der Waals surface area contributed by atoms with Crippen LogP contribution < -0.4 is 0 Å². The molecule has 2 unspecified atom stereocenters. The lowest BCUT2D eigenvalue weighted by Crippen LogP contribution is -2.61. The first-order valence-corrected chi connectivity index (χ1v) is 5.83. The highest BCUT2D eigenvalue weighted by atomic mass is 16.4. The molecule has 1 heterocycles. The summed E-state index contributed by atoms with van der Waals surface area (Å²) in [6.07, 6.45) is 2.95. The molecule has 0 bridgehead atoms. The van der Waals surface area contributed by atoms with E-state index in [9.17, 15) is 9.90 Å². The summed E-state index contributed by atoms with van der Waals surface area (Å²) in [4.78, 5) is 13.7. The van der Waals surface area contributed by atoms with Gasteiger partial charge in [0.2, 0.25) is 0 Å². The number of carboxylic acids is 1. The van der Waals surface area contributed by atoms with Crippen LogP contribution in [-0.2, 0) is 4.79 Å². The van der Waals surface area contributed by atoms with Crippen molar-refractivity contribution in [3.05, 3.63) is 0 Å². The number of carboxylic acid groups (broad SMARTS) is 1. The van der Waals surface area contributed by atoms with E-state index >= 15 is 0 Å². The molecule has 1 aliphatic carbocycles. The number of aliphatic carboxylic acids is 1. The first kappa shape index (κ1) is 10.9. The minimum Gasteiger partial charge on any atom is -0.481 e. The van der Waals surface area contributed by atoms with E-state index in [0.717, 1.165) is 32.4 Å². The fraction of sp³-hybridized carbons (Fsp3) is 0.917. The van der Waals surface area contributed by atoms with Gasteiger partial charge in [-0.3, -0.25) is 9.69 Å². The molecule has 1 saturated carbocycles. The number of likely N-dealkylation sites (tertiary alicyclic amines) is 1. The van der Waals surface area contributed by atoms with Crippen LogP contribution in [0, 0.1) is 10.8 Å². The lowest BCUT2D eigenvalue weighted by molar-refractivity contribution is -0.154. The van der Waals surface area contributed by atoms with Crippen LogP contribution >= 0.6 is 0 Å². The molecule has 3 heteroatoms. The van der Waals surface area contributed by atoms with Crippen molar-refractivity contribution < 1.29 is 9.90 Å². The van der Waals surface area contributed by atoms with E-state index in [1.165, 1.54) is 0 Å².